The average Bonchev–Trinajstić information content (AvgIpc) is 2.77. The van der Waals surface area contributed by atoms with Gasteiger partial charge in [0.1, 0.15) is 6.04 Å². The molecule has 96 valence electrons. The van der Waals surface area contributed by atoms with E-state index in [1.165, 1.54) is 4.90 Å². The lowest BCUT2D eigenvalue weighted by Gasteiger charge is -2.21. The van der Waals surface area contributed by atoms with Crippen LogP contribution in [0.2, 0.25) is 0 Å². The Morgan fingerprint density at radius 3 is 3.00 bits per heavy atom. The third kappa shape index (κ3) is 4.30. The number of thioether (sulfide) groups is 1. The lowest BCUT2D eigenvalue weighted by molar-refractivity contribution is -0.141. The van der Waals surface area contributed by atoms with E-state index in [1.54, 1.807) is 11.8 Å². The SMILES string of the molecule is C=CCSCCNC(=O)N1CCCC1C(=O)O. The van der Waals surface area contributed by atoms with Crippen LogP contribution in [0.5, 0.6) is 0 Å². The van der Waals surface area contributed by atoms with Crippen molar-refractivity contribution in [2.24, 2.45) is 0 Å². The standard InChI is InChI=1S/C11H18N2O3S/c1-2-7-17-8-5-12-11(16)13-6-3-4-9(13)10(14)15/h2,9H,1,3-8H2,(H,12,16)(H,14,15). The second-order valence-corrected chi connectivity index (χ2v) is 4.94. The molecule has 0 saturated carbocycles. The average molecular weight is 258 g/mol. The van der Waals surface area contributed by atoms with E-state index in [4.69, 9.17) is 5.11 Å². The predicted molar refractivity (Wildman–Crippen MR) is 68.3 cm³/mol. The van der Waals surface area contributed by atoms with Crippen molar-refractivity contribution in [1.82, 2.24) is 10.2 Å². The van der Waals surface area contributed by atoms with Gasteiger partial charge in [0.05, 0.1) is 0 Å². The number of aliphatic carboxylic acids is 1. The first-order chi connectivity index (χ1) is 8.16. The monoisotopic (exact) mass is 258 g/mol. The number of carboxylic acid groups (broad SMARTS) is 1. The molecule has 1 saturated heterocycles. The molecule has 1 aliphatic heterocycles. The van der Waals surface area contributed by atoms with Crippen molar-refractivity contribution in [3.8, 4) is 0 Å². The third-order valence-electron chi connectivity index (χ3n) is 2.56. The van der Waals surface area contributed by atoms with Crippen molar-refractivity contribution in [2.75, 3.05) is 24.6 Å². The fourth-order valence-corrected chi connectivity index (χ4v) is 2.34. The summed E-state index contributed by atoms with van der Waals surface area (Å²) in [4.78, 5) is 24.0. The summed E-state index contributed by atoms with van der Waals surface area (Å²) in [5.41, 5.74) is 0. The Labute approximate surface area is 105 Å². The zero-order chi connectivity index (χ0) is 12.7. The van der Waals surface area contributed by atoms with Crippen LogP contribution in [-0.2, 0) is 4.79 Å². The molecular weight excluding hydrogens is 240 g/mol. The van der Waals surface area contributed by atoms with E-state index in [0.717, 1.165) is 17.9 Å². The molecule has 0 aromatic heterocycles. The van der Waals surface area contributed by atoms with Crippen molar-refractivity contribution in [2.45, 2.75) is 18.9 Å². The Kier molecular flexibility index (Phi) is 5.90. The summed E-state index contributed by atoms with van der Waals surface area (Å²) in [6.45, 7) is 4.69. The van der Waals surface area contributed by atoms with Crippen LogP contribution in [0.3, 0.4) is 0 Å². The number of urea groups is 1. The fourth-order valence-electron chi connectivity index (χ4n) is 1.76. The van der Waals surface area contributed by atoms with Gasteiger partial charge in [0, 0.05) is 24.6 Å². The van der Waals surface area contributed by atoms with Crippen LogP contribution >= 0.6 is 11.8 Å². The Hall–Kier alpha value is -1.17. The van der Waals surface area contributed by atoms with Gasteiger partial charge in [-0.05, 0) is 12.8 Å². The molecule has 1 fully saturated rings. The van der Waals surface area contributed by atoms with Gasteiger partial charge in [0.15, 0.2) is 0 Å². The summed E-state index contributed by atoms with van der Waals surface area (Å²) < 4.78 is 0. The largest absolute Gasteiger partial charge is 0.480 e. The summed E-state index contributed by atoms with van der Waals surface area (Å²) in [5.74, 6) is 0.749. The molecule has 1 rings (SSSR count). The lowest BCUT2D eigenvalue weighted by atomic mass is 10.2. The number of nitrogens with one attached hydrogen (secondary N) is 1. The van der Waals surface area contributed by atoms with E-state index in [0.29, 0.717) is 19.5 Å². The second kappa shape index (κ2) is 7.21. The summed E-state index contributed by atoms with van der Waals surface area (Å²) >= 11 is 1.68. The van der Waals surface area contributed by atoms with Gasteiger partial charge in [-0.3, -0.25) is 0 Å². The van der Waals surface area contributed by atoms with Crippen LogP contribution in [0.1, 0.15) is 12.8 Å². The van der Waals surface area contributed by atoms with Crippen LogP contribution < -0.4 is 5.32 Å². The number of rotatable bonds is 6. The molecule has 5 nitrogen and oxygen atoms in total. The molecule has 1 unspecified atom stereocenters. The number of hydrogen-bond acceptors (Lipinski definition) is 3. The molecule has 1 heterocycles. The van der Waals surface area contributed by atoms with Crippen LogP contribution in [0.25, 0.3) is 0 Å². The highest BCUT2D eigenvalue weighted by Gasteiger charge is 2.33. The highest BCUT2D eigenvalue weighted by Crippen LogP contribution is 2.17. The first-order valence-corrected chi connectivity index (χ1v) is 6.78. The van der Waals surface area contributed by atoms with Crippen molar-refractivity contribution >= 4 is 23.8 Å². The first kappa shape index (κ1) is 13.9. The van der Waals surface area contributed by atoms with E-state index < -0.39 is 12.0 Å². The molecule has 1 aliphatic rings. The van der Waals surface area contributed by atoms with Crippen LogP contribution in [0.15, 0.2) is 12.7 Å². The molecule has 2 amide bonds. The summed E-state index contributed by atoms with van der Waals surface area (Å²) in [7, 11) is 0. The smallest absolute Gasteiger partial charge is 0.326 e. The minimum absolute atomic E-state index is 0.269. The quantitative estimate of drug-likeness (QED) is 0.554. The number of carbonyl (C=O) groups is 2. The molecule has 1 atom stereocenters. The topological polar surface area (TPSA) is 69.6 Å². The normalized spacial score (nSPS) is 19.1. The Bertz CT molecular complexity index is 296. The molecule has 0 bridgehead atoms. The molecule has 0 spiro atoms. The number of amides is 2. The van der Waals surface area contributed by atoms with Crippen molar-refractivity contribution in [1.29, 1.82) is 0 Å². The molecule has 0 aromatic rings. The highest BCUT2D eigenvalue weighted by atomic mass is 32.2. The van der Waals surface area contributed by atoms with Crippen molar-refractivity contribution < 1.29 is 14.7 Å². The minimum Gasteiger partial charge on any atom is -0.480 e. The number of hydrogen-bond donors (Lipinski definition) is 2. The molecule has 0 aromatic carbocycles. The van der Waals surface area contributed by atoms with E-state index in [-0.39, 0.29) is 6.03 Å². The molecule has 0 radical (unpaired) electrons. The fraction of sp³-hybridized carbons (Fsp3) is 0.636. The zero-order valence-electron chi connectivity index (χ0n) is 9.72. The molecule has 17 heavy (non-hydrogen) atoms. The van der Waals surface area contributed by atoms with Gasteiger partial charge in [-0.15, -0.1) is 6.58 Å². The summed E-state index contributed by atoms with van der Waals surface area (Å²) in [6.07, 6.45) is 3.12. The van der Waals surface area contributed by atoms with Gasteiger partial charge in [-0.25, -0.2) is 9.59 Å². The van der Waals surface area contributed by atoms with Gasteiger partial charge in [-0.2, -0.15) is 11.8 Å². The molecule has 0 aliphatic carbocycles. The van der Waals surface area contributed by atoms with Gasteiger partial charge < -0.3 is 15.3 Å². The van der Waals surface area contributed by atoms with Crippen molar-refractivity contribution in [3.05, 3.63) is 12.7 Å². The van der Waals surface area contributed by atoms with Gasteiger partial charge >= 0.3 is 12.0 Å². The zero-order valence-corrected chi connectivity index (χ0v) is 10.5. The summed E-state index contributed by atoms with van der Waals surface area (Å²) in [5, 5.41) is 11.7. The Morgan fingerprint density at radius 1 is 1.59 bits per heavy atom. The van der Waals surface area contributed by atoms with E-state index in [1.807, 2.05) is 6.08 Å². The van der Waals surface area contributed by atoms with Gasteiger partial charge in [0.25, 0.3) is 0 Å². The number of carboxylic acids is 1. The Morgan fingerprint density at radius 2 is 2.35 bits per heavy atom. The number of nitrogens with zero attached hydrogens (tertiary/aromatic N) is 1. The lowest BCUT2D eigenvalue weighted by Crippen LogP contribution is -2.46. The van der Waals surface area contributed by atoms with Crippen molar-refractivity contribution in [3.63, 3.8) is 0 Å². The maximum atomic E-state index is 11.7. The maximum Gasteiger partial charge on any atom is 0.326 e. The van der Waals surface area contributed by atoms with Crippen LogP contribution in [-0.4, -0.2) is 52.6 Å². The first-order valence-electron chi connectivity index (χ1n) is 5.62. The number of likely N-dealkylation sites (tertiary alicyclic amines) is 1. The highest BCUT2D eigenvalue weighted by molar-refractivity contribution is 7.99. The van der Waals surface area contributed by atoms with E-state index in [2.05, 4.69) is 11.9 Å². The van der Waals surface area contributed by atoms with Crippen LogP contribution in [0.4, 0.5) is 4.79 Å². The summed E-state index contributed by atoms with van der Waals surface area (Å²) in [6, 6.07) is -0.926. The molecular formula is C11H18N2O3S. The van der Waals surface area contributed by atoms with Gasteiger partial charge in [-0.1, -0.05) is 6.08 Å². The van der Waals surface area contributed by atoms with E-state index in [9.17, 15) is 9.59 Å². The molecule has 2 N–H and O–H groups in total. The van der Waals surface area contributed by atoms with Gasteiger partial charge in [0.2, 0.25) is 0 Å². The van der Waals surface area contributed by atoms with Crippen LogP contribution in [0, 0.1) is 0 Å². The number of carbonyl (C=O) groups excluding carboxylic acids is 1. The second-order valence-electron chi connectivity index (χ2n) is 3.79. The molecule has 6 heteroatoms. The Balaban J connectivity index is 2.27. The third-order valence-corrected chi connectivity index (χ3v) is 3.52. The maximum absolute atomic E-state index is 11.7. The minimum atomic E-state index is -0.918. The predicted octanol–water partition coefficient (Wildman–Crippen LogP) is 1.16. The van der Waals surface area contributed by atoms with E-state index >= 15 is 0 Å².